The topological polar surface area (TPSA) is 296 Å². The van der Waals surface area contributed by atoms with Crippen LogP contribution in [0.15, 0.2) is 55.6 Å². The Kier molecular flexibility index (Phi) is 28.7. The number of fused-ring (bicyclic) bond motifs is 5. The number of anilines is 1. The van der Waals surface area contributed by atoms with Crippen molar-refractivity contribution in [3.8, 4) is 0 Å². The summed E-state index contributed by atoms with van der Waals surface area (Å²) in [6.45, 7) is 25.4. The van der Waals surface area contributed by atoms with E-state index in [-0.39, 0.29) is 93.2 Å². The first-order valence-electron chi connectivity index (χ1n) is 27.8. The lowest BCUT2D eigenvalue weighted by Gasteiger charge is -2.33. The fourth-order valence-electron chi connectivity index (χ4n) is 8.98. The van der Waals surface area contributed by atoms with Gasteiger partial charge < -0.3 is 43.4 Å². The Bertz CT molecular complexity index is 2250. The molecular weight excluding hydrogens is 1050 g/mol. The van der Waals surface area contributed by atoms with Crippen molar-refractivity contribution in [2.24, 2.45) is 51.8 Å². The molecule has 1 heterocycles. The zero-order valence-corrected chi connectivity index (χ0v) is 49.2. The Morgan fingerprint density at radius 1 is 0.580 bits per heavy atom. The van der Waals surface area contributed by atoms with E-state index in [4.69, 9.17) is 43.4 Å². The van der Waals surface area contributed by atoms with Crippen molar-refractivity contribution < 1.29 is 96.1 Å². The van der Waals surface area contributed by atoms with E-state index in [2.05, 4.69) is 20.1 Å². The van der Waals surface area contributed by atoms with Gasteiger partial charge in [0.25, 0.3) is 0 Å². The molecule has 81 heavy (non-hydrogen) atoms. The zero-order chi connectivity index (χ0) is 61.4. The monoisotopic (exact) mass is 1140 g/mol. The number of hydrogen-bond acceptors (Lipinski definition) is 18. The predicted molar refractivity (Wildman–Crippen MR) is 294 cm³/mol. The van der Waals surface area contributed by atoms with Crippen LogP contribution in [0.4, 0.5) is 5.69 Å². The molecule has 4 fully saturated rings. The lowest BCUT2D eigenvalue weighted by molar-refractivity contribution is -0.170. The summed E-state index contributed by atoms with van der Waals surface area (Å²) in [7, 11) is 0. The summed E-state index contributed by atoms with van der Waals surface area (Å²) < 4.78 is 35.6. The highest BCUT2D eigenvalue weighted by atomic mass is 16.6. The van der Waals surface area contributed by atoms with Crippen LogP contribution in [0.5, 0.6) is 0 Å². The summed E-state index contributed by atoms with van der Waals surface area (Å²) in [4.78, 5) is 127. The summed E-state index contributed by atoms with van der Waals surface area (Å²) in [5, 5.41) is 17.1. The molecule has 2 bridgehead atoms. The first kappa shape index (κ1) is 70.2. The normalized spacial score (nSPS) is 21.3. The number of imide groups is 1. The van der Waals surface area contributed by atoms with E-state index in [1.807, 2.05) is 45.9 Å². The van der Waals surface area contributed by atoms with Gasteiger partial charge in [-0.3, -0.25) is 48.1 Å². The molecule has 0 aromatic heterocycles. The van der Waals surface area contributed by atoms with Crippen LogP contribution in [0.2, 0.25) is 0 Å². The Balaban J connectivity index is 0.000000374. The minimum Gasteiger partial charge on any atom is -0.481 e. The van der Waals surface area contributed by atoms with Gasteiger partial charge in [-0.15, -0.1) is 0 Å². The minimum absolute atomic E-state index is 0.0251. The Hall–Kier alpha value is -6.93. The van der Waals surface area contributed by atoms with Crippen LogP contribution >= 0.6 is 0 Å². The number of para-hydroxylation sites is 1. The lowest BCUT2D eigenvalue weighted by Crippen LogP contribution is -2.36. The van der Waals surface area contributed by atoms with Crippen molar-refractivity contribution in [3.63, 3.8) is 0 Å². The number of benzene rings is 1. The average molecular weight is 1140 g/mol. The number of carboxylic acid groups (broad SMARTS) is 2. The van der Waals surface area contributed by atoms with Crippen LogP contribution in [0.25, 0.3) is 0 Å². The van der Waals surface area contributed by atoms with Gasteiger partial charge in [0.05, 0.1) is 47.6 Å². The molecule has 0 spiro atoms. The van der Waals surface area contributed by atoms with Gasteiger partial charge in [0.15, 0.2) is 12.2 Å². The number of carbonyl (C=O) groups is 11. The van der Waals surface area contributed by atoms with Gasteiger partial charge in [-0.25, -0.2) is 9.59 Å². The van der Waals surface area contributed by atoms with E-state index in [1.165, 1.54) is 30.6 Å². The molecule has 21 heteroatoms. The van der Waals surface area contributed by atoms with Crippen molar-refractivity contribution in [3.05, 3.63) is 55.6 Å². The maximum Gasteiger partial charge on any atom is 0.330 e. The van der Waals surface area contributed by atoms with Gasteiger partial charge >= 0.3 is 53.7 Å². The molecule has 2 amide bonds. The van der Waals surface area contributed by atoms with E-state index in [1.54, 1.807) is 53.7 Å². The van der Waals surface area contributed by atoms with Crippen molar-refractivity contribution in [1.82, 2.24) is 0 Å². The summed E-state index contributed by atoms with van der Waals surface area (Å²) in [5.74, 6) is -3.44. The standard InChI is InChI=1S/2C16H24O8.C16H26O2.C12H13NO2/c2*1-5-13(19)22-9-11(24-14(20)8-7-12(17)18)10-23-15(21)16(3,4)6-2;1-4-16(2,3)15(17)18-14-9-10-8-13(14)12-7-5-6-11(10)12;1-8-9(2)12(15)13(11(8)14)10-6-4-3-5-7-10/h2*5,11H,1,6-10H2,2-4H3,(H,17,18);10-14H,4-9H2,1-3H3;3-9H,1-2H3. The van der Waals surface area contributed by atoms with Crippen molar-refractivity contribution >= 4 is 71.2 Å². The Labute approximate surface area is 476 Å². The summed E-state index contributed by atoms with van der Waals surface area (Å²) in [6, 6.07) is 9.07. The highest BCUT2D eigenvalue weighted by Gasteiger charge is 2.55. The quantitative estimate of drug-likeness (QED) is 0.0380. The fourth-order valence-corrected chi connectivity index (χ4v) is 8.98. The van der Waals surface area contributed by atoms with E-state index < -0.39 is 70.8 Å². The van der Waals surface area contributed by atoms with Gasteiger partial charge in [0.1, 0.15) is 32.5 Å². The second-order valence-electron chi connectivity index (χ2n) is 22.6. The third-order valence-corrected chi connectivity index (χ3v) is 15.6. The van der Waals surface area contributed by atoms with Gasteiger partial charge in [-0.1, -0.05) is 72.4 Å². The molecule has 3 aliphatic carbocycles. The number of esters is 7. The SMILES string of the molecule is C=CC(=O)OCC(COC(=O)C(C)(C)CC)OC(=O)CCC(=O)O.C=CC(=O)OCC(COC(=O)C(C)(C)CC)OC(=O)CCC(=O)O.CC1C(=O)N(c2ccccc2)C(=O)C1C.CCC(C)(C)C(=O)OC1CC2CC1C1CCCC21. The molecule has 5 rings (SSSR count). The molecule has 0 radical (unpaired) electrons. The van der Waals surface area contributed by atoms with Crippen LogP contribution in [-0.2, 0) is 85.9 Å². The van der Waals surface area contributed by atoms with Crippen molar-refractivity contribution in [2.75, 3.05) is 31.3 Å². The van der Waals surface area contributed by atoms with Gasteiger partial charge in [-0.2, -0.15) is 0 Å². The van der Waals surface area contributed by atoms with Gasteiger partial charge in [0.2, 0.25) is 11.8 Å². The van der Waals surface area contributed by atoms with E-state index in [9.17, 15) is 52.7 Å². The number of ether oxygens (including phenoxy) is 7. The molecule has 9 unspecified atom stereocenters. The predicted octanol–water partition coefficient (Wildman–Crippen LogP) is 8.57. The summed E-state index contributed by atoms with van der Waals surface area (Å²) in [6.07, 6.45) is 7.31. The number of carboxylic acids is 2. The van der Waals surface area contributed by atoms with Crippen LogP contribution < -0.4 is 4.90 Å². The van der Waals surface area contributed by atoms with Gasteiger partial charge in [-0.05, 0) is 122 Å². The second kappa shape index (κ2) is 33.1. The molecule has 2 N–H and O–H groups in total. The largest absolute Gasteiger partial charge is 0.481 e. The summed E-state index contributed by atoms with van der Waals surface area (Å²) >= 11 is 0. The van der Waals surface area contributed by atoms with Crippen LogP contribution in [0.3, 0.4) is 0 Å². The van der Waals surface area contributed by atoms with E-state index in [0.717, 1.165) is 42.7 Å². The molecular formula is C60H87NO20. The first-order valence-corrected chi connectivity index (χ1v) is 27.8. The number of aliphatic carboxylic acids is 2. The third-order valence-electron chi connectivity index (χ3n) is 15.6. The van der Waals surface area contributed by atoms with Gasteiger partial charge in [0, 0.05) is 24.0 Å². The number of hydrogen-bond donors (Lipinski definition) is 2. The molecule has 1 aliphatic heterocycles. The van der Waals surface area contributed by atoms with Crippen LogP contribution in [-0.4, -0.2) is 120 Å². The average Bonchev–Trinajstić information content (AvgIpc) is 4.30. The first-order chi connectivity index (χ1) is 37.9. The third kappa shape index (κ3) is 22.5. The van der Waals surface area contributed by atoms with E-state index >= 15 is 0 Å². The lowest BCUT2D eigenvalue weighted by atomic mass is 9.80. The number of carbonyl (C=O) groups excluding carboxylic acids is 9. The number of rotatable bonds is 26. The molecule has 21 nitrogen and oxygen atoms in total. The summed E-state index contributed by atoms with van der Waals surface area (Å²) in [5.41, 5.74) is -1.04. The number of amides is 2. The fraction of sp³-hybridized carbons (Fsp3) is 0.650. The van der Waals surface area contributed by atoms with Crippen LogP contribution in [0.1, 0.15) is 153 Å². The molecule has 1 aromatic rings. The molecule has 3 saturated carbocycles. The molecule has 452 valence electrons. The Morgan fingerprint density at radius 2 is 0.975 bits per heavy atom. The highest BCUT2D eigenvalue weighted by Crippen LogP contribution is 2.59. The highest BCUT2D eigenvalue weighted by molar-refractivity contribution is 6.21. The van der Waals surface area contributed by atoms with E-state index in [0.29, 0.717) is 24.4 Å². The maximum absolute atomic E-state index is 12.2. The Morgan fingerprint density at radius 3 is 1.37 bits per heavy atom. The minimum atomic E-state index is -1.14. The molecule has 4 aliphatic rings. The molecule has 9 atom stereocenters. The zero-order valence-electron chi connectivity index (χ0n) is 49.2. The maximum atomic E-state index is 12.2. The van der Waals surface area contributed by atoms with Crippen LogP contribution in [0, 0.1) is 51.8 Å². The second-order valence-corrected chi connectivity index (χ2v) is 22.6. The van der Waals surface area contributed by atoms with Crippen molar-refractivity contribution in [2.45, 2.75) is 172 Å². The number of nitrogens with zero attached hydrogens (tertiary/aromatic N) is 1. The molecule has 1 aromatic carbocycles. The van der Waals surface area contributed by atoms with Crippen molar-refractivity contribution in [1.29, 1.82) is 0 Å². The smallest absolute Gasteiger partial charge is 0.330 e. The molecule has 1 saturated heterocycles.